The van der Waals surface area contributed by atoms with Crippen LogP contribution in [0.1, 0.15) is 5.56 Å². The first-order valence-electron chi connectivity index (χ1n) is 2.82. The highest BCUT2D eigenvalue weighted by molar-refractivity contribution is 14.2. The summed E-state index contributed by atoms with van der Waals surface area (Å²) < 4.78 is 10.9. The van der Waals surface area contributed by atoms with Gasteiger partial charge in [0.15, 0.2) is 4.90 Å². The summed E-state index contributed by atoms with van der Waals surface area (Å²) in [5.74, 6) is 0. The second kappa shape index (κ2) is 3.95. The fourth-order valence-electron chi connectivity index (χ4n) is 0.665. The molecule has 0 saturated heterocycles. The van der Waals surface area contributed by atoms with Gasteiger partial charge in [0.05, 0.1) is 20.0 Å². The summed E-state index contributed by atoms with van der Waals surface area (Å²) in [6, 6.07) is 8.77. The molecule has 0 bridgehead atoms. The van der Waals surface area contributed by atoms with Crippen LogP contribution in [0.15, 0.2) is 29.2 Å². The van der Waals surface area contributed by atoms with E-state index in [2.05, 4.69) is 0 Å². The van der Waals surface area contributed by atoms with Crippen molar-refractivity contribution < 1.29 is 4.55 Å². The fraction of sp³-hybridized carbons (Fsp3) is 0. The molecule has 0 aliphatic rings. The lowest BCUT2D eigenvalue weighted by molar-refractivity contribution is 0.611. The maximum Gasteiger partial charge on any atom is 0.255 e. The smallest absolute Gasteiger partial charge is 0.255 e. The van der Waals surface area contributed by atoms with Gasteiger partial charge in [-0.25, -0.2) is 0 Å². The standard InChI is InChI=1S/C7H4INOS/c8-11(10)7-3-1-2-6(4-7)5-9/h1-4H. The van der Waals surface area contributed by atoms with Gasteiger partial charge in [0.1, 0.15) is 0 Å². The number of hydrogen-bond donors (Lipinski definition) is 0. The van der Waals surface area contributed by atoms with E-state index in [1.54, 1.807) is 45.5 Å². The molecule has 0 amide bonds. The third-order valence-corrected chi connectivity index (χ3v) is 3.30. The summed E-state index contributed by atoms with van der Waals surface area (Å²) >= 11 is 1.80. The summed E-state index contributed by atoms with van der Waals surface area (Å²) in [5.41, 5.74) is 0.549. The quantitative estimate of drug-likeness (QED) is 0.582. The molecule has 0 saturated carbocycles. The Hall–Kier alpha value is -0.250. The first kappa shape index (κ1) is 8.84. The van der Waals surface area contributed by atoms with Crippen LogP contribution in [0.4, 0.5) is 0 Å². The molecule has 0 heterocycles. The van der Waals surface area contributed by atoms with Gasteiger partial charge in [-0.3, -0.25) is 0 Å². The third kappa shape index (κ3) is 2.36. The molecule has 0 aliphatic heterocycles. The highest BCUT2D eigenvalue weighted by Crippen LogP contribution is 2.17. The van der Waals surface area contributed by atoms with E-state index in [-0.39, 0.29) is 0 Å². The number of halogens is 1. The fourth-order valence-corrected chi connectivity index (χ4v) is 1.89. The van der Waals surface area contributed by atoms with Gasteiger partial charge in [-0.2, -0.15) is 5.26 Å². The summed E-state index contributed by atoms with van der Waals surface area (Å²) in [7, 11) is -1.02. The van der Waals surface area contributed by atoms with Gasteiger partial charge < -0.3 is 4.55 Å². The van der Waals surface area contributed by atoms with Crippen LogP contribution in [-0.2, 0) is 8.35 Å². The SMILES string of the molecule is N#Cc1cccc([S+]([O-])I)c1. The molecule has 0 aromatic heterocycles. The van der Waals surface area contributed by atoms with Gasteiger partial charge in [-0.15, -0.1) is 0 Å². The van der Waals surface area contributed by atoms with Gasteiger partial charge in [0, 0.05) is 6.07 Å². The van der Waals surface area contributed by atoms with Crippen LogP contribution in [0.25, 0.3) is 0 Å². The number of nitriles is 1. The number of hydrogen-bond acceptors (Lipinski definition) is 2. The van der Waals surface area contributed by atoms with Gasteiger partial charge >= 0.3 is 0 Å². The normalized spacial score (nSPS) is 12.1. The van der Waals surface area contributed by atoms with Crippen LogP contribution in [-0.4, -0.2) is 4.55 Å². The van der Waals surface area contributed by atoms with E-state index in [4.69, 9.17) is 5.26 Å². The molecule has 0 radical (unpaired) electrons. The van der Waals surface area contributed by atoms with Crippen molar-refractivity contribution in [1.82, 2.24) is 0 Å². The van der Waals surface area contributed by atoms with Crippen molar-refractivity contribution >= 4 is 29.6 Å². The minimum absolute atomic E-state index is 0.549. The van der Waals surface area contributed by atoms with Crippen LogP contribution in [0.2, 0.25) is 0 Å². The molecule has 4 heteroatoms. The zero-order chi connectivity index (χ0) is 8.27. The summed E-state index contributed by atoms with van der Waals surface area (Å²) in [6.07, 6.45) is 0. The van der Waals surface area contributed by atoms with Crippen LogP contribution in [0, 0.1) is 11.3 Å². The highest BCUT2D eigenvalue weighted by atomic mass is 127. The molecule has 56 valence electrons. The zero-order valence-corrected chi connectivity index (χ0v) is 8.43. The molecular weight excluding hydrogens is 273 g/mol. The minimum atomic E-state index is -1.02. The Morgan fingerprint density at radius 1 is 1.55 bits per heavy atom. The van der Waals surface area contributed by atoms with Crippen molar-refractivity contribution in [2.24, 2.45) is 0 Å². The van der Waals surface area contributed by atoms with E-state index >= 15 is 0 Å². The lowest BCUT2D eigenvalue weighted by atomic mass is 10.2. The molecule has 2 nitrogen and oxygen atoms in total. The topological polar surface area (TPSA) is 46.8 Å². The highest BCUT2D eigenvalue weighted by Gasteiger charge is 2.05. The third-order valence-electron chi connectivity index (χ3n) is 1.15. The Kier molecular flexibility index (Phi) is 3.17. The predicted octanol–water partition coefficient (Wildman–Crippen LogP) is 2.02. The second-order valence-electron chi connectivity index (χ2n) is 1.86. The van der Waals surface area contributed by atoms with Crippen molar-refractivity contribution in [3.8, 4) is 6.07 Å². The lowest BCUT2D eigenvalue weighted by Crippen LogP contribution is -1.89. The van der Waals surface area contributed by atoms with E-state index in [1.807, 2.05) is 6.07 Å². The van der Waals surface area contributed by atoms with E-state index in [1.165, 1.54) is 0 Å². The van der Waals surface area contributed by atoms with Crippen molar-refractivity contribution in [1.29, 1.82) is 5.26 Å². The Labute approximate surface area is 80.0 Å². The van der Waals surface area contributed by atoms with Gasteiger partial charge in [-0.05, 0) is 12.1 Å². The monoisotopic (exact) mass is 277 g/mol. The van der Waals surface area contributed by atoms with Crippen LogP contribution in [0.3, 0.4) is 0 Å². The summed E-state index contributed by atoms with van der Waals surface area (Å²) in [5, 5.41) is 8.49. The molecule has 0 spiro atoms. The Bertz CT molecular complexity index is 295. The number of nitrogens with zero attached hydrogens (tertiary/aromatic N) is 1. The van der Waals surface area contributed by atoms with Gasteiger partial charge in [0.25, 0.3) is 21.2 Å². The molecule has 1 aromatic rings. The van der Waals surface area contributed by atoms with Crippen LogP contribution < -0.4 is 0 Å². The summed E-state index contributed by atoms with van der Waals surface area (Å²) in [4.78, 5) is 0.685. The van der Waals surface area contributed by atoms with Crippen molar-refractivity contribution in [3.05, 3.63) is 29.8 Å². The molecule has 0 fully saturated rings. The zero-order valence-electron chi connectivity index (χ0n) is 5.45. The lowest BCUT2D eigenvalue weighted by Gasteiger charge is -1.99. The molecule has 0 aliphatic carbocycles. The second-order valence-corrected chi connectivity index (χ2v) is 5.18. The molecular formula is C7H4INOS. The molecule has 1 unspecified atom stereocenters. The Morgan fingerprint density at radius 2 is 2.27 bits per heavy atom. The van der Waals surface area contributed by atoms with Crippen LogP contribution in [0.5, 0.6) is 0 Å². The Balaban J connectivity index is 3.03. The average molecular weight is 277 g/mol. The van der Waals surface area contributed by atoms with E-state index in [0.717, 1.165) is 0 Å². The van der Waals surface area contributed by atoms with E-state index in [9.17, 15) is 4.55 Å². The maximum atomic E-state index is 10.9. The minimum Gasteiger partial charge on any atom is -0.604 e. The predicted molar refractivity (Wildman–Crippen MR) is 51.6 cm³/mol. The van der Waals surface area contributed by atoms with E-state index in [0.29, 0.717) is 10.5 Å². The molecule has 1 rings (SSSR count). The van der Waals surface area contributed by atoms with Crippen molar-refractivity contribution in [3.63, 3.8) is 0 Å². The maximum absolute atomic E-state index is 10.9. The number of rotatable bonds is 1. The van der Waals surface area contributed by atoms with Crippen molar-refractivity contribution in [2.75, 3.05) is 0 Å². The largest absolute Gasteiger partial charge is 0.604 e. The molecule has 11 heavy (non-hydrogen) atoms. The summed E-state index contributed by atoms with van der Waals surface area (Å²) in [6.45, 7) is 0. The first-order chi connectivity index (χ1) is 5.24. The van der Waals surface area contributed by atoms with Gasteiger partial charge in [0.2, 0.25) is 0 Å². The van der Waals surface area contributed by atoms with Crippen molar-refractivity contribution in [2.45, 2.75) is 4.90 Å². The molecule has 1 atom stereocenters. The molecule has 0 N–H and O–H groups in total. The van der Waals surface area contributed by atoms with E-state index < -0.39 is 8.35 Å². The van der Waals surface area contributed by atoms with Gasteiger partial charge in [-0.1, -0.05) is 6.07 Å². The average Bonchev–Trinajstić information content (AvgIpc) is 2.05. The Morgan fingerprint density at radius 3 is 2.82 bits per heavy atom. The first-order valence-corrected chi connectivity index (χ1v) is 6.51. The molecule has 1 aromatic carbocycles. The number of benzene rings is 1. The van der Waals surface area contributed by atoms with Crippen LogP contribution >= 0.6 is 21.2 Å².